The van der Waals surface area contributed by atoms with E-state index in [0.717, 1.165) is 11.3 Å². The summed E-state index contributed by atoms with van der Waals surface area (Å²) in [5, 5.41) is 28.3. The Balaban J connectivity index is 2.20. The van der Waals surface area contributed by atoms with Crippen molar-refractivity contribution in [1.82, 2.24) is 0 Å². The number of ether oxygens (including phenoxy) is 2. The summed E-state index contributed by atoms with van der Waals surface area (Å²) < 4.78 is 9.86. The van der Waals surface area contributed by atoms with E-state index in [1.807, 2.05) is 5.32 Å². The van der Waals surface area contributed by atoms with Crippen LogP contribution in [0.25, 0.3) is 0 Å². The van der Waals surface area contributed by atoms with E-state index < -0.39 is 42.5 Å². The molecule has 1 aliphatic heterocycles. The molecule has 25 heavy (non-hydrogen) atoms. The SMILES string of the molecule is O=C(O)C(=O)Nc1sc2c(c1C(=O)O)CC(COC(=O)C(=O)O)OC2. The predicted molar refractivity (Wildman–Crippen MR) is 78.4 cm³/mol. The Morgan fingerprint density at radius 3 is 2.40 bits per heavy atom. The van der Waals surface area contributed by atoms with E-state index in [0.29, 0.717) is 10.4 Å². The van der Waals surface area contributed by atoms with Gasteiger partial charge in [-0.3, -0.25) is 4.79 Å². The molecule has 0 aliphatic carbocycles. The molecule has 1 aromatic heterocycles. The van der Waals surface area contributed by atoms with E-state index in [2.05, 4.69) is 4.74 Å². The standard InChI is InChI=1S/C13H11NO10S/c15-8(11(18)19)14-9-7(10(16)17)5-1-4(23-3-6(5)25-9)2-24-13(22)12(20)21/h4H,1-3H2,(H,14,15)(H,16,17)(H,18,19)(H,20,21). The van der Waals surface area contributed by atoms with Crippen LogP contribution < -0.4 is 5.32 Å². The van der Waals surface area contributed by atoms with Crippen LogP contribution in [-0.2, 0) is 41.7 Å². The van der Waals surface area contributed by atoms with Crippen LogP contribution in [-0.4, -0.2) is 57.8 Å². The number of hydrogen-bond donors (Lipinski definition) is 4. The minimum Gasteiger partial charge on any atom is -0.478 e. The number of esters is 1. The molecule has 11 nitrogen and oxygen atoms in total. The van der Waals surface area contributed by atoms with E-state index in [-0.39, 0.29) is 23.6 Å². The van der Waals surface area contributed by atoms with Crippen LogP contribution in [0.15, 0.2) is 0 Å². The van der Waals surface area contributed by atoms with Crippen molar-refractivity contribution in [3.05, 3.63) is 16.0 Å². The van der Waals surface area contributed by atoms with Crippen molar-refractivity contribution in [3.8, 4) is 0 Å². The Morgan fingerprint density at radius 2 is 1.84 bits per heavy atom. The number of fused-ring (bicyclic) bond motifs is 1. The number of carbonyl (C=O) groups is 5. The van der Waals surface area contributed by atoms with Crippen LogP contribution in [0, 0.1) is 0 Å². The first kappa shape index (κ1) is 18.4. The lowest BCUT2D eigenvalue weighted by Gasteiger charge is -2.22. The molecule has 1 aromatic rings. The third kappa shape index (κ3) is 4.10. The second-order valence-corrected chi connectivity index (χ2v) is 5.92. The highest BCUT2D eigenvalue weighted by atomic mass is 32.1. The van der Waals surface area contributed by atoms with Gasteiger partial charge in [-0.1, -0.05) is 0 Å². The molecule has 2 heterocycles. The van der Waals surface area contributed by atoms with Crippen molar-refractivity contribution in [3.63, 3.8) is 0 Å². The number of hydrogen-bond acceptors (Lipinski definition) is 8. The van der Waals surface area contributed by atoms with E-state index in [4.69, 9.17) is 14.9 Å². The highest BCUT2D eigenvalue weighted by Gasteiger charge is 2.31. The molecule has 0 bridgehead atoms. The molecule has 4 N–H and O–H groups in total. The van der Waals surface area contributed by atoms with Crippen LogP contribution in [0.5, 0.6) is 0 Å². The molecule has 0 radical (unpaired) electrons. The van der Waals surface area contributed by atoms with Crippen molar-refractivity contribution in [2.24, 2.45) is 0 Å². The minimum atomic E-state index is -1.77. The summed E-state index contributed by atoms with van der Waals surface area (Å²) in [6, 6.07) is 0. The minimum absolute atomic E-state index is 0.0106. The maximum absolute atomic E-state index is 11.5. The number of carbonyl (C=O) groups excluding carboxylic acids is 2. The Hall–Kier alpha value is -2.99. The monoisotopic (exact) mass is 373 g/mol. The number of carboxylic acid groups (broad SMARTS) is 3. The van der Waals surface area contributed by atoms with Gasteiger partial charge in [0, 0.05) is 11.3 Å². The van der Waals surface area contributed by atoms with Gasteiger partial charge in [0.1, 0.15) is 11.6 Å². The van der Waals surface area contributed by atoms with Gasteiger partial charge in [0.05, 0.1) is 18.3 Å². The van der Waals surface area contributed by atoms with Crippen molar-refractivity contribution < 1.29 is 48.8 Å². The van der Waals surface area contributed by atoms with Crippen LogP contribution >= 0.6 is 11.3 Å². The first-order chi connectivity index (χ1) is 11.7. The van der Waals surface area contributed by atoms with Crippen LogP contribution in [0.1, 0.15) is 20.8 Å². The summed E-state index contributed by atoms with van der Waals surface area (Å²) >= 11 is 0.864. The topological polar surface area (TPSA) is 177 Å². The average molecular weight is 373 g/mol. The normalized spacial score (nSPS) is 15.8. The van der Waals surface area contributed by atoms with Crippen LogP contribution in [0.3, 0.4) is 0 Å². The smallest absolute Gasteiger partial charge is 0.417 e. The van der Waals surface area contributed by atoms with Gasteiger partial charge in [0.2, 0.25) is 0 Å². The van der Waals surface area contributed by atoms with Gasteiger partial charge in [-0.25, -0.2) is 19.2 Å². The fraction of sp³-hybridized carbons (Fsp3) is 0.308. The van der Waals surface area contributed by atoms with E-state index >= 15 is 0 Å². The summed E-state index contributed by atoms with van der Waals surface area (Å²) in [7, 11) is 0. The molecular weight excluding hydrogens is 362 g/mol. The lowest BCUT2D eigenvalue weighted by Crippen LogP contribution is -2.30. The Morgan fingerprint density at radius 1 is 1.16 bits per heavy atom. The first-order valence-corrected chi connectivity index (χ1v) is 7.46. The van der Waals surface area contributed by atoms with Crippen molar-refractivity contribution in [2.45, 2.75) is 19.1 Å². The Bertz CT molecular complexity index is 767. The Kier molecular flexibility index (Phi) is 5.34. The lowest BCUT2D eigenvalue weighted by molar-refractivity contribution is -0.166. The third-order valence-corrected chi connectivity index (χ3v) is 4.30. The van der Waals surface area contributed by atoms with Gasteiger partial charge in [-0.05, 0) is 5.56 Å². The molecule has 2 rings (SSSR count). The number of rotatable bonds is 4. The Labute approximate surface area is 142 Å². The molecule has 1 atom stereocenters. The molecular formula is C13H11NO10S. The number of nitrogens with one attached hydrogen (secondary N) is 1. The molecule has 134 valence electrons. The summed E-state index contributed by atoms with van der Waals surface area (Å²) in [5.74, 6) is -7.75. The number of thiophene rings is 1. The zero-order valence-corrected chi connectivity index (χ0v) is 13.1. The van der Waals surface area contributed by atoms with Gasteiger partial charge in [0.15, 0.2) is 0 Å². The van der Waals surface area contributed by atoms with Gasteiger partial charge in [-0.2, -0.15) is 0 Å². The molecule has 1 unspecified atom stereocenters. The van der Waals surface area contributed by atoms with Crippen molar-refractivity contribution in [1.29, 1.82) is 0 Å². The van der Waals surface area contributed by atoms with Gasteiger partial charge >= 0.3 is 29.8 Å². The fourth-order valence-electron chi connectivity index (χ4n) is 2.13. The molecule has 1 aliphatic rings. The molecule has 0 saturated heterocycles. The van der Waals surface area contributed by atoms with Crippen LogP contribution in [0.4, 0.5) is 5.00 Å². The summed E-state index contributed by atoms with van der Waals surface area (Å²) in [6.45, 7) is -0.450. The van der Waals surface area contributed by atoms with Gasteiger partial charge < -0.3 is 30.1 Å². The first-order valence-electron chi connectivity index (χ1n) is 6.64. The second-order valence-electron chi connectivity index (χ2n) is 4.81. The zero-order valence-electron chi connectivity index (χ0n) is 12.3. The molecule has 0 aromatic carbocycles. The van der Waals surface area contributed by atoms with E-state index in [9.17, 15) is 29.1 Å². The fourth-order valence-corrected chi connectivity index (χ4v) is 3.27. The highest BCUT2D eigenvalue weighted by molar-refractivity contribution is 7.17. The average Bonchev–Trinajstić information content (AvgIpc) is 2.89. The van der Waals surface area contributed by atoms with Crippen molar-refractivity contribution in [2.75, 3.05) is 11.9 Å². The largest absolute Gasteiger partial charge is 0.478 e. The van der Waals surface area contributed by atoms with Crippen molar-refractivity contribution >= 4 is 46.1 Å². The molecule has 0 saturated carbocycles. The summed E-state index contributed by atoms with van der Waals surface area (Å²) in [5.41, 5.74) is 0.0354. The van der Waals surface area contributed by atoms with Crippen LogP contribution in [0.2, 0.25) is 0 Å². The molecule has 0 fully saturated rings. The second kappa shape index (κ2) is 7.27. The van der Waals surface area contributed by atoms with E-state index in [1.54, 1.807) is 0 Å². The van der Waals surface area contributed by atoms with Gasteiger partial charge in [0.25, 0.3) is 0 Å². The number of aliphatic carboxylic acids is 2. The quantitative estimate of drug-likeness (QED) is 0.399. The molecule has 12 heteroatoms. The lowest BCUT2D eigenvalue weighted by atomic mass is 10.0. The maximum atomic E-state index is 11.5. The third-order valence-electron chi connectivity index (χ3n) is 3.18. The number of carboxylic acids is 3. The number of aromatic carboxylic acids is 1. The summed E-state index contributed by atoms with van der Waals surface area (Å²) in [6.07, 6.45) is -0.782. The molecule has 0 spiro atoms. The van der Waals surface area contributed by atoms with Gasteiger partial charge in [-0.15, -0.1) is 11.3 Å². The summed E-state index contributed by atoms with van der Waals surface area (Å²) in [4.78, 5) is 55.1. The zero-order chi connectivity index (χ0) is 18.7. The molecule has 1 amide bonds. The van der Waals surface area contributed by atoms with E-state index in [1.165, 1.54) is 0 Å². The maximum Gasteiger partial charge on any atom is 0.417 e. The predicted octanol–water partition coefficient (Wildman–Crippen LogP) is -0.462. The number of amides is 1. The highest BCUT2D eigenvalue weighted by Crippen LogP contribution is 2.37. The number of anilines is 1.